The molecule has 7 heteroatoms. The molecule has 0 radical (unpaired) electrons. The van der Waals surface area contributed by atoms with Crippen LogP contribution in [0.25, 0.3) is 0 Å². The van der Waals surface area contributed by atoms with Gasteiger partial charge in [0.05, 0.1) is 11.1 Å². The number of rotatable bonds is 3. The van der Waals surface area contributed by atoms with Crippen molar-refractivity contribution in [1.82, 2.24) is 4.98 Å². The Balaban J connectivity index is 2.33. The minimum Gasteiger partial charge on any atom is -0.363 e. The van der Waals surface area contributed by atoms with Crippen molar-refractivity contribution in [2.24, 2.45) is 0 Å². The van der Waals surface area contributed by atoms with Crippen molar-refractivity contribution in [1.29, 1.82) is 0 Å². The summed E-state index contributed by atoms with van der Waals surface area (Å²) in [6.45, 7) is 0. The Morgan fingerprint density at radius 2 is 2.12 bits per heavy atom. The first-order valence-corrected chi connectivity index (χ1v) is 6.26. The fraction of sp³-hybridized carbons (Fsp3) is 0.500. The molecule has 2 rings (SSSR count). The highest BCUT2D eigenvalue weighted by Crippen LogP contribution is 2.43. The summed E-state index contributed by atoms with van der Waals surface area (Å²) in [7, 11) is 0. The van der Waals surface area contributed by atoms with Gasteiger partial charge in [0, 0.05) is 16.5 Å². The summed E-state index contributed by atoms with van der Waals surface area (Å²) in [5, 5.41) is 2.80. The van der Waals surface area contributed by atoms with Gasteiger partial charge in [-0.05, 0) is 34.8 Å². The van der Waals surface area contributed by atoms with Gasteiger partial charge in [-0.1, -0.05) is 0 Å². The highest BCUT2D eigenvalue weighted by atomic mass is 79.9. The lowest BCUT2D eigenvalue weighted by Crippen LogP contribution is -2.26. The van der Waals surface area contributed by atoms with Gasteiger partial charge in [-0.25, -0.2) is 4.98 Å². The predicted octanol–water partition coefficient (Wildman–Crippen LogP) is 4.05. The van der Waals surface area contributed by atoms with Gasteiger partial charge in [0.15, 0.2) is 0 Å². The van der Waals surface area contributed by atoms with Crippen LogP contribution in [0.5, 0.6) is 0 Å². The summed E-state index contributed by atoms with van der Waals surface area (Å²) < 4.78 is 38.7. The van der Waals surface area contributed by atoms with Crippen LogP contribution in [0.4, 0.5) is 19.0 Å². The summed E-state index contributed by atoms with van der Waals surface area (Å²) in [5.74, 6) is 0.126. The summed E-state index contributed by atoms with van der Waals surface area (Å²) in [4.78, 5) is 3.78. The number of anilines is 1. The van der Waals surface area contributed by atoms with Gasteiger partial charge in [0.25, 0.3) is 0 Å². The molecule has 1 fully saturated rings. The first-order chi connectivity index (χ1) is 7.86. The standard InChI is InChI=1S/C10H9BrClF3N2/c11-6-3-7(10(13,14)15)8(16-4-6)17-9(5-12)1-2-9/h3-4H,1-2,5H2,(H,16,17). The first-order valence-electron chi connectivity index (χ1n) is 4.93. The van der Waals surface area contributed by atoms with Crippen molar-refractivity contribution >= 4 is 33.3 Å². The molecular weight excluding hydrogens is 320 g/mol. The Hall–Kier alpha value is -0.490. The van der Waals surface area contributed by atoms with Crippen molar-refractivity contribution in [2.75, 3.05) is 11.2 Å². The zero-order valence-corrected chi connectivity index (χ0v) is 11.0. The van der Waals surface area contributed by atoms with Crippen LogP contribution in [-0.2, 0) is 6.18 Å². The second-order valence-corrected chi connectivity index (χ2v) is 5.27. The average molecular weight is 330 g/mol. The quantitative estimate of drug-likeness (QED) is 0.846. The third-order valence-corrected chi connectivity index (χ3v) is 3.60. The maximum atomic E-state index is 12.8. The van der Waals surface area contributed by atoms with Crippen LogP contribution in [0.3, 0.4) is 0 Å². The van der Waals surface area contributed by atoms with Gasteiger partial charge in [0.2, 0.25) is 0 Å². The molecule has 0 bridgehead atoms. The number of nitrogens with one attached hydrogen (secondary N) is 1. The monoisotopic (exact) mass is 328 g/mol. The molecule has 17 heavy (non-hydrogen) atoms. The van der Waals surface area contributed by atoms with Gasteiger partial charge < -0.3 is 5.32 Å². The normalized spacial score (nSPS) is 17.9. The van der Waals surface area contributed by atoms with E-state index in [1.54, 1.807) is 0 Å². The highest BCUT2D eigenvalue weighted by molar-refractivity contribution is 9.10. The van der Waals surface area contributed by atoms with E-state index >= 15 is 0 Å². The molecule has 0 atom stereocenters. The number of pyridine rings is 1. The summed E-state index contributed by atoms with van der Waals surface area (Å²) in [6, 6.07) is 1.01. The van der Waals surface area contributed by atoms with E-state index in [-0.39, 0.29) is 11.7 Å². The average Bonchev–Trinajstić information content (AvgIpc) is 3.00. The third kappa shape index (κ3) is 2.85. The van der Waals surface area contributed by atoms with Crippen molar-refractivity contribution in [3.8, 4) is 0 Å². The van der Waals surface area contributed by atoms with Crippen molar-refractivity contribution < 1.29 is 13.2 Å². The number of halogens is 5. The fourth-order valence-electron chi connectivity index (χ4n) is 1.45. The molecule has 1 aromatic heterocycles. The van der Waals surface area contributed by atoms with Crippen molar-refractivity contribution in [3.63, 3.8) is 0 Å². The predicted molar refractivity (Wildman–Crippen MR) is 63.2 cm³/mol. The molecule has 0 spiro atoms. The lowest BCUT2D eigenvalue weighted by molar-refractivity contribution is -0.137. The van der Waals surface area contributed by atoms with Crippen LogP contribution in [0.1, 0.15) is 18.4 Å². The van der Waals surface area contributed by atoms with Gasteiger partial charge in [0.1, 0.15) is 5.82 Å². The number of nitrogens with zero attached hydrogens (tertiary/aromatic N) is 1. The molecule has 1 aliphatic carbocycles. The molecule has 1 aromatic rings. The van der Waals surface area contributed by atoms with Gasteiger partial charge in [-0.3, -0.25) is 0 Å². The van der Waals surface area contributed by atoms with Crippen LogP contribution in [0.15, 0.2) is 16.7 Å². The molecule has 0 saturated heterocycles. The molecule has 1 aliphatic rings. The van der Waals surface area contributed by atoms with Crippen molar-refractivity contribution in [2.45, 2.75) is 24.6 Å². The van der Waals surface area contributed by atoms with E-state index in [4.69, 9.17) is 11.6 Å². The van der Waals surface area contributed by atoms with E-state index in [0.717, 1.165) is 18.9 Å². The van der Waals surface area contributed by atoms with E-state index in [9.17, 15) is 13.2 Å². The number of hydrogen-bond acceptors (Lipinski definition) is 2. The van der Waals surface area contributed by atoms with E-state index < -0.39 is 17.3 Å². The minimum absolute atomic E-state index is 0.154. The summed E-state index contributed by atoms with van der Waals surface area (Å²) in [5.41, 5.74) is -1.19. The molecule has 1 heterocycles. The van der Waals surface area contributed by atoms with Gasteiger partial charge in [-0.2, -0.15) is 13.2 Å². The Labute approximate surface area is 110 Å². The Bertz CT molecular complexity index is 432. The third-order valence-electron chi connectivity index (χ3n) is 2.65. The van der Waals surface area contributed by atoms with E-state index in [1.165, 1.54) is 6.20 Å². The van der Waals surface area contributed by atoms with Crippen molar-refractivity contribution in [3.05, 3.63) is 22.3 Å². The highest BCUT2D eigenvalue weighted by Gasteiger charge is 2.44. The largest absolute Gasteiger partial charge is 0.419 e. The smallest absolute Gasteiger partial charge is 0.363 e. The van der Waals surface area contributed by atoms with Crippen LogP contribution >= 0.6 is 27.5 Å². The second-order valence-electron chi connectivity index (χ2n) is 4.09. The SMILES string of the molecule is FC(F)(F)c1cc(Br)cnc1NC1(CCl)CC1. The molecule has 1 saturated carbocycles. The van der Waals surface area contributed by atoms with Crippen LogP contribution < -0.4 is 5.32 Å². The molecule has 0 aliphatic heterocycles. The molecule has 94 valence electrons. The van der Waals surface area contributed by atoms with E-state index in [2.05, 4.69) is 26.2 Å². The van der Waals surface area contributed by atoms with Crippen LogP contribution in [-0.4, -0.2) is 16.4 Å². The zero-order valence-electron chi connectivity index (χ0n) is 8.61. The molecule has 2 nitrogen and oxygen atoms in total. The van der Waals surface area contributed by atoms with E-state index in [1.807, 2.05) is 0 Å². The Morgan fingerprint density at radius 1 is 1.47 bits per heavy atom. The maximum absolute atomic E-state index is 12.8. The molecule has 0 aromatic carbocycles. The molecule has 0 amide bonds. The minimum atomic E-state index is -4.43. The summed E-state index contributed by atoms with van der Waals surface area (Å²) in [6.07, 6.45) is -1.56. The Kier molecular flexibility index (Phi) is 3.29. The topological polar surface area (TPSA) is 24.9 Å². The number of hydrogen-bond donors (Lipinski definition) is 1. The van der Waals surface area contributed by atoms with Gasteiger partial charge in [-0.15, -0.1) is 11.6 Å². The van der Waals surface area contributed by atoms with Crippen LogP contribution in [0, 0.1) is 0 Å². The molecular formula is C10H9BrClF3N2. The number of aromatic nitrogens is 1. The number of alkyl halides is 4. The lowest BCUT2D eigenvalue weighted by atomic mass is 10.2. The molecule has 0 unspecified atom stereocenters. The van der Waals surface area contributed by atoms with E-state index in [0.29, 0.717) is 4.47 Å². The summed E-state index contributed by atoms with van der Waals surface area (Å²) >= 11 is 8.71. The molecule has 1 N–H and O–H groups in total. The fourth-order valence-corrected chi connectivity index (χ4v) is 2.11. The lowest BCUT2D eigenvalue weighted by Gasteiger charge is -2.19. The maximum Gasteiger partial charge on any atom is 0.419 e. The second kappa shape index (κ2) is 4.31. The Morgan fingerprint density at radius 3 is 2.59 bits per heavy atom. The zero-order chi connectivity index (χ0) is 12.7. The van der Waals surface area contributed by atoms with Crippen LogP contribution in [0.2, 0.25) is 0 Å². The first kappa shape index (κ1) is 13.0. The van der Waals surface area contributed by atoms with Gasteiger partial charge >= 0.3 is 6.18 Å².